The summed E-state index contributed by atoms with van der Waals surface area (Å²) in [7, 11) is 0. The molecule has 0 radical (unpaired) electrons. The van der Waals surface area contributed by atoms with Crippen molar-refractivity contribution in [2.45, 2.75) is 20.4 Å². The predicted molar refractivity (Wildman–Crippen MR) is 114 cm³/mol. The minimum absolute atomic E-state index is 0.169. The summed E-state index contributed by atoms with van der Waals surface area (Å²) < 4.78 is 8.39. The van der Waals surface area contributed by atoms with E-state index in [1.54, 1.807) is 22.9 Å². The first kappa shape index (κ1) is 19.4. The second-order valence-corrected chi connectivity index (χ2v) is 6.78. The molecular weight excluding hydrogens is 382 g/mol. The molecular formula is C22H21N5O3. The minimum atomic E-state index is -0.351. The van der Waals surface area contributed by atoms with E-state index in [1.165, 1.54) is 17.1 Å². The van der Waals surface area contributed by atoms with Crippen molar-refractivity contribution in [1.29, 1.82) is 0 Å². The lowest BCUT2D eigenvalue weighted by molar-refractivity contribution is -0.116. The van der Waals surface area contributed by atoms with E-state index in [1.807, 2.05) is 44.2 Å². The van der Waals surface area contributed by atoms with E-state index in [-0.39, 0.29) is 18.0 Å². The second kappa shape index (κ2) is 8.20. The molecule has 0 aliphatic rings. The number of hydrogen-bond donors (Lipinski definition) is 1. The van der Waals surface area contributed by atoms with Gasteiger partial charge in [-0.3, -0.25) is 14.2 Å². The Balaban J connectivity index is 1.58. The lowest BCUT2D eigenvalue weighted by atomic mass is 10.2. The summed E-state index contributed by atoms with van der Waals surface area (Å²) in [5, 5.41) is 7.43. The van der Waals surface area contributed by atoms with Crippen LogP contribution in [0.25, 0.3) is 16.7 Å². The van der Waals surface area contributed by atoms with Crippen molar-refractivity contribution < 1.29 is 9.53 Å². The van der Waals surface area contributed by atoms with E-state index >= 15 is 0 Å². The molecule has 0 aliphatic heterocycles. The van der Waals surface area contributed by atoms with Crippen molar-refractivity contribution in [1.82, 2.24) is 19.3 Å². The van der Waals surface area contributed by atoms with Crippen molar-refractivity contribution in [3.05, 3.63) is 77.0 Å². The molecule has 2 aromatic heterocycles. The molecule has 0 unspecified atom stereocenters. The smallest absolute Gasteiger partial charge is 0.264 e. The van der Waals surface area contributed by atoms with Gasteiger partial charge in [-0.2, -0.15) is 5.10 Å². The van der Waals surface area contributed by atoms with Gasteiger partial charge in [-0.25, -0.2) is 9.67 Å². The van der Waals surface area contributed by atoms with Gasteiger partial charge in [0.25, 0.3) is 5.56 Å². The van der Waals surface area contributed by atoms with E-state index < -0.39 is 0 Å². The van der Waals surface area contributed by atoms with Gasteiger partial charge in [-0.05, 0) is 38.1 Å². The number of carbonyl (C=O) groups is 1. The fourth-order valence-electron chi connectivity index (χ4n) is 3.13. The first-order chi connectivity index (χ1) is 14.6. The second-order valence-electron chi connectivity index (χ2n) is 6.78. The minimum Gasteiger partial charge on any atom is -0.492 e. The standard InChI is InChI=1S/C22H21N5O3/c1-3-30-19-7-5-4-6-18(19)25-20(28)13-26-14-23-21-17(22(26)29)12-24-27(21)16-10-8-15(2)9-11-16/h4-12,14H,3,13H2,1-2H3,(H,25,28). The molecule has 0 aliphatic carbocycles. The molecule has 1 N–H and O–H groups in total. The van der Waals surface area contributed by atoms with Crippen molar-refractivity contribution in [2.24, 2.45) is 0 Å². The largest absolute Gasteiger partial charge is 0.492 e. The molecule has 0 saturated heterocycles. The van der Waals surface area contributed by atoms with E-state index in [4.69, 9.17) is 4.74 Å². The van der Waals surface area contributed by atoms with Crippen LogP contribution < -0.4 is 15.6 Å². The van der Waals surface area contributed by atoms with Gasteiger partial charge < -0.3 is 10.1 Å². The number of aryl methyl sites for hydroxylation is 1. The van der Waals surface area contributed by atoms with Gasteiger partial charge in [-0.15, -0.1) is 0 Å². The quantitative estimate of drug-likeness (QED) is 0.535. The molecule has 0 fully saturated rings. The van der Waals surface area contributed by atoms with E-state index in [9.17, 15) is 9.59 Å². The molecule has 4 rings (SSSR count). The van der Waals surface area contributed by atoms with Gasteiger partial charge in [0.1, 0.15) is 24.0 Å². The summed E-state index contributed by atoms with van der Waals surface area (Å²) in [4.78, 5) is 29.7. The predicted octanol–water partition coefficient (Wildman–Crippen LogP) is 2.93. The van der Waals surface area contributed by atoms with E-state index in [0.717, 1.165) is 11.3 Å². The SMILES string of the molecule is CCOc1ccccc1NC(=O)Cn1cnc2c(cnn2-c2ccc(C)cc2)c1=O. The molecule has 30 heavy (non-hydrogen) atoms. The Hall–Kier alpha value is -3.94. The van der Waals surface area contributed by atoms with Crippen LogP contribution in [0.2, 0.25) is 0 Å². The number of rotatable bonds is 6. The molecule has 152 valence electrons. The zero-order valence-corrected chi connectivity index (χ0v) is 16.7. The topological polar surface area (TPSA) is 91.0 Å². The summed E-state index contributed by atoms with van der Waals surface area (Å²) in [5.41, 5.74) is 2.61. The normalized spacial score (nSPS) is 10.9. The number of fused-ring (bicyclic) bond motifs is 1. The third-order valence-corrected chi connectivity index (χ3v) is 4.61. The Labute approximate surface area is 172 Å². The van der Waals surface area contributed by atoms with Gasteiger partial charge in [-0.1, -0.05) is 29.8 Å². The highest BCUT2D eigenvalue weighted by Crippen LogP contribution is 2.23. The Kier molecular flexibility index (Phi) is 5.30. The molecule has 8 heteroatoms. The maximum atomic E-state index is 12.8. The molecule has 0 atom stereocenters. The average molecular weight is 403 g/mol. The average Bonchev–Trinajstić information content (AvgIpc) is 3.17. The molecule has 2 aromatic carbocycles. The van der Waals surface area contributed by atoms with Crippen LogP contribution in [0, 0.1) is 6.92 Å². The van der Waals surface area contributed by atoms with Crippen LogP contribution in [0.3, 0.4) is 0 Å². The summed E-state index contributed by atoms with van der Waals surface area (Å²) in [6.45, 7) is 4.19. The number of para-hydroxylation sites is 2. The maximum absolute atomic E-state index is 12.8. The van der Waals surface area contributed by atoms with Crippen molar-refractivity contribution in [2.75, 3.05) is 11.9 Å². The third kappa shape index (κ3) is 3.80. The van der Waals surface area contributed by atoms with Crippen molar-refractivity contribution >= 4 is 22.6 Å². The zero-order valence-electron chi connectivity index (χ0n) is 16.7. The summed E-state index contributed by atoms with van der Waals surface area (Å²) >= 11 is 0. The highest BCUT2D eigenvalue weighted by molar-refractivity contribution is 5.92. The van der Waals surface area contributed by atoms with E-state index in [0.29, 0.717) is 29.1 Å². The molecule has 4 aromatic rings. The van der Waals surface area contributed by atoms with Gasteiger partial charge in [0.15, 0.2) is 5.65 Å². The lowest BCUT2D eigenvalue weighted by Crippen LogP contribution is -2.28. The molecule has 8 nitrogen and oxygen atoms in total. The number of nitrogens with one attached hydrogen (secondary N) is 1. The number of benzene rings is 2. The Morgan fingerprint density at radius 2 is 1.90 bits per heavy atom. The Morgan fingerprint density at radius 1 is 1.13 bits per heavy atom. The number of carbonyl (C=O) groups excluding carboxylic acids is 1. The van der Waals surface area contributed by atoms with Crippen LogP contribution in [-0.4, -0.2) is 31.8 Å². The van der Waals surface area contributed by atoms with Crippen molar-refractivity contribution in [3.8, 4) is 11.4 Å². The maximum Gasteiger partial charge on any atom is 0.264 e. The van der Waals surface area contributed by atoms with Crippen LogP contribution in [0.1, 0.15) is 12.5 Å². The number of aromatic nitrogens is 4. The Bertz CT molecular complexity index is 1260. The summed E-state index contributed by atoms with van der Waals surface area (Å²) in [6, 6.07) is 14.9. The number of nitrogens with zero attached hydrogens (tertiary/aromatic N) is 4. The first-order valence-corrected chi connectivity index (χ1v) is 9.58. The monoisotopic (exact) mass is 403 g/mol. The summed E-state index contributed by atoms with van der Waals surface area (Å²) in [5.74, 6) is 0.227. The third-order valence-electron chi connectivity index (χ3n) is 4.61. The zero-order chi connectivity index (χ0) is 21.1. The molecule has 1 amide bonds. The van der Waals surface area contributed by atoms with Crippen LogP contribution >= 0.6 is 0 Å². The lowest BCUT2D eigenvalue weighted by Gasteiger charge is -2.12. The number of hydrogen-bond acceptors (Lipinski definition) is 5. The number of anilines is 1. The number of amides is 1. The Morgan fingerprint density at radius 3 is 2.67 bits per heavy atom. The number of ether oxygens (including phenoxy) is 1. The fraction of sp³-hybridized carbons (Fsp3) is 0.182. The molecule has 0 saturated carbocycles. The van der Waals surface area contributed by atoms with Crippen LogP contribution in [0.5, 0.6) is 5.75 Å². The van der Waals surface area contributed by atoms with Gasteiger partial charge in [0.2, 0.25) is 5.91 Å². The molecule has 0 bridgehead atoms. The van der Waals surface area contributed by atoms with Gasteiger partial charge >= 0.3 is 0 Å². The highest BCUT2D eigenvalue weighted by Gasteiger charge is 2.14. The van der Waals surface area contributed by atoms with Crippen LogP contribution in [0.15, 0.2) is 65.8 Å². The van der Waals surface area contributed by atoms with Gasteiger partial charge in [0.05, 0.1) is 24.2 Å². The first-order valence-electron chi connectivity index (χ1n) is 9.58. The highest BCUT2D eigenvalue weighted by atomic mass is 16.5. The summed E-state index contributed by atoms with van der Waals surface area (Å²) in [6.07, 6.45) is 2.84. The fourth-order valence-corrected chi connectivity index (χ4v) is 3.13. The van der Waals surface area contributed by atoms with Crippen LogP contribution in [-0.2, 0) is 11.3 Å². The van der Waals surface area contributed by atoms with Crippen molar-refractivity contribution in [3.63, 3.8) is 0 Å². The molecule has 0 spiro atoms. The van der Waals surface area contributed by atoms with Gasteiger partial charge in [0, 0.05) is 0 Å². The van der Waals surface area contributed by atoms with E-state index in [2.05, 4.69) is 15.4 Å². The molecule has 2 heterocycles. The van der Waals surface area contributed by atoms with Crippen LogP contribution in [0.4, 0.5) is 5.69 Å².